The van der Waals surface area contributed by atoms with Gasteiger partial charge >= 0.3 is 29.8 Å². The zero-order valence-corrected chi connectivity index (χ0v) is 28.6. The van der Waals surface area contributed by atoms with Crippen LogP contribution in [0.2, 0.25) is 0 Å². The summed E-state index contributed by atoms with van der Waals surface area (Å²) >= 11 is 0. The van der Waals surface area contributed by atoms with Crippen LogP contribution in [0.15, 0.2) is 47.5 Å². The number of carbonyl (C=O) groups is 5. The van der Waals surface area contributed by atoms with Gasteiger partial charge in [0.05, 0.1) is 34.5 Å². The minimum Gasteiger partial charge on any atom is -0.472 e. The van der Waals surface area contributed by atoms with Gasteiger partial charge in [-0.05, 0) is 51.8 Å². The molecule has 2 aromatic rings. The summed E-state index contributed by atoms with van der Waals surface area (Å²) in [4.78, 5) is 70.5. The molecule has 9 atom stereocenters. The predicted octanol–water partition coefficient (Wildman–Crippen LogP) is 3.59. The first-order valence-corrected chi connectivity index (χ1v) is 16.3. The van der Waals surface area contributed by atoms with Crippen LogP contribution in [0.5, 0.6) is 0 Å². The summed E-state index contributed by atoms with van der Waals surface area (Å²) in [5.41, 5.74) is -7.25. The van der Waals surface area contributed by atoms with Gasteiger partial charge in [-0.2, -0.15) is 0 Å². The zero-order chi connectivity index (χ0) is 35.9. The van der Waals surface area contributed by atoms with Crippen molar-refractivity contribution in [1.29, 1.82) is 0 Å². The maximum absolute atomic E-state index is 13.9. The second-order valence-corrected chi connectivity index (χ2v) is 13.9. The molecule has 266 valence electrons. The van der Waals surface area contributed by atoms with E-state index in [4.69, 9.17) is 32.8 Å². The van der Waals surface area contributed by atoms with Crippen molar-refractivity contribution in [2.75, 3.05) is 6.61 Å². The molecule has 3 fully saturated rings. The van der Waals surface area contributed by atoms with E-state index < -0.39 is 94.9 Å². The molecule has 14 nitrogen and oxygen atoms in total. The number of hydrogen-bond donors (Lipinski definition) is 1. The van der Waals surface area contributed by atoms with Crippen molar-refractivity contribution in [2.45, 2.75) is 109 Å². The highest BCUT2D eigenvalue weighted by atomic mass is 16.6. The van der Waals surface area contributed by atoms with E-state index in [1.165, 1.54) is 57.0 Å². The third-order valence-corrected chi connectivity index (χ3v) is 10.3. The average molecular weight is 686 g/mol. The monoisotopic (exact) mass is 685 g/mol. The Morgan fingerprint density at radius 2 is 1.67 bits per heavy atom. The van der Waals surface area contributed by atoms with E-state index in [0.29, 0.717) is 6.42 Å². The number of carbonyl (C=O) groups excluding carboxylic acids is 5. The SMILES string of the molecule is CCC(C)C(=O)OC[C@]12[C@@H](OC(=O)c3ccoc3)C[C@@H]3C(OC(C)=O)[C@]1(OC3(C)C)[C@@](C)(O)C[C@H](OC(C)=O)[C@@H]2OC(=O)c1cccnc1. The first kappa shape index (κ1) is 36.0. The molecular formula is C35H43NO13. The van der Waals surface area contributed by atoms with Crippen LogP contribution in [0.4, 0.5) is 0 Å². The van der Waals surface area contributed by atoms with Crippen molar-refractivity contribution in [1.82, 2.24) is 4.98 Å². The average Bonchev–Trinajstić information content (AvgIpc) is 3.63. The third kappa shape index (κ3) is 6.09. The van der Waals surface area contributed by atoms with Crippen LogP contribution >= 0.6 is 0 Å². The molecule has 49 heavy (non-hydrogen) atoms. The van der Waals surface area contributed by atoms with Crippen LogP contribution in [0.1, 0.15) is 88.4 Å². The lowest BCUT2D eigenvalue weighted by Gasteiger charge is -2.65. The van der Waals surface area contributed by atoms with Crippen LogP contribution in [0.3, 0.4) is 0 Å². The summed E-state index contributed by atoms with van der Waals surface area (Å²) in [6.07, 6.45) is -0.394. The van der Waals surface area contributed by atoms with Crippen LogP contribution in [-0.2, 0) is 42.8 Å². The number of ether oxygens (including phenoxy) is 6. The van der Waals surface area contributed by atoms with Crippen molar-refractivity contribution in [3.63, 3.8) is 0 Å². The number of pyridine rings is 1. The molecule has 5 rings (SSSR count). The van der Waals surface area contributed by atoms with E-state index in [9.17, 15) is 29.1 Å². The highest BCUT2D eigenvalue weighted by molar-refractivity contribution is 5.90. The largest absolute Gasteiger partial charge is 0.472 e. The van der Waals surface area contributed by atoms with Crippen molar-refractivity contribution in [3.05, 3.63) is 54.2 Å². The van der Waals surface area contributed by atoms with E-state index in [-0.39, 0.29) is 24.0 Å². The number of rotatable bonds is 10. The third-order valence-electron chi connectivity index (χ3n) is 10.3. The molecule has 1 aliphatic heterocycles. The molecule has 3 heterocycles. The van der Waals surface area contributed by atoms with E-state index in [1.807, 2.05) is 0 Å². The Morgan fingerprint density at radius 1 is 0.980 bits per heavy atom. The molecule has 2 aromatic heterocycles. The Kier molecular flexibility index (Phi) is 9.69. The topological polar surface area (TPSA) is 187 Å². The molecule has 3 aliphatic rings. The standard InChI is InChI=1S/C35H43NO13/c1-8-19(2)29(39)44-18-34-26(47-31(41)23-11-13-43-17-23)14-24-27(46-21(4)38)35(34,49-32(24,5)6)33(7,42)15-25(45-20(3)37)28(34)48-30(40)22-10-9-12-36-16-22/h9-13,16-17,19,24-28,42H,8,14-15,18H2,1-7H3/t19?,24-,25+,26+,27?,28+,33+,34-,35+/m1/s1. The number of furan rings is 1. The highest BCUT2D eigenvalue weighted by Gasteiger charge is 2.86. The van der Waals surface area contributed by atoms with E-state index in [1.54, 1.807) is 27.7 Å². The molecule has 1 saturated heterocycles. The van der Waals surface area contributed by atoms with E-state index in [0.717, 1.165) is 6.92 Å². The van der Waals surface area contributed by atoms with E-state index >= 15 is 0 Å². The lowest BCUT2D eigenvalue weighted by Crippen LogP contribution is -2.83. The van der Waals surface area contributed by atoms with Gasteiger partial charge in [0.25, 0.3) is 0 Å². The number of hydrogen-bond acceptors (Lipinski definition) is 14. The van der Waals surface area contributed by atoms with Crippen LogP contribution in [0.25, 0.3) is 0 Å². The molecule has 14 heteroatoms. The van der Waals surface area contributed by atoms with Gasteiger partial charge in [0.15, 0.2) is 11.7 Å². The Hall–Kier alpha value is -4.30. The quantitative estimate of drug-likeness (QED) is 0.282. The van der Waals surface area contributed by atoms with Gasteiger partial charge in [-0.25, -0.2) is 9.59 Å². The Bertz CT molecular complexity index is 1570. The maximum atomic E-state index is 13.9. The van der Waals surface area contributed by atoms with Gasteiger partial charge in [0.2, 0.25) is 0 Å². The smallest absolute Gasteiger partial charge is 0.341 e. The molecular weight excluding hydrogens is 642 g/mol. The fourth-order valence-corrected chi connectivity index (χ4v) is 7.96. The summed E-state index contributed by atoms with van der Waals surface area (Å²) in [7, 11) is 0. The second kappa shape index (κ2) is 13.2. The molecule has 0 aromatic carbocycles. The molecule has 0 radical (unpaired) electrons. The number of aliphatic hydroxyl groups is 1. The van der Waals surface area contributed by atoms with Crippen molar-refractivity contribution in [2.24, 2.45) is 17.3 Å². The van der Waals surface area contributed by atoms with Crippen LogP contribution in [-0.4, -0.2) is 87.8 Å². The van der Waals surface area contributed by atoms with Crippen LogP contribution in [0, 0.1) is 17.3 Å². The van der Waals surface area contributed by atoms with Gasteiger partial charge in [-0.1, -0.05) is 13.8 Å². The molecule has 1 spiro atoms. The van der Waals surface area contributed by atoms with Crippen LogP contribution < -0.4 is 0 Å². The predicted molar refractivity (Wildman–Crippen MR) is 167 cm³/mol. The summed E-state index contributed by atoms with van der Waals surface area (Å²) in [6, 6.07) is 4.38. The van der Waals surface area contributed by atoms with Gasteiger partial charge in [0.1, 0.15) is 36.6 Å². The van der Waals surface area contributed by atoms with Crippen molar-refractivity contribution in [3.8, 4) is 0 Å². The number of nitrogens with zero attached hydrogens (tertiary/aromatic N) is 1. The number of aromatic nitrogens is 1. The normalized spacial score (nSPS) is 33.3. The Balaban J connectivity index is 1.82. The summed E-state index contributed by atoms with van der Waals surface area (Å²) < 4.78 is 42.3. The first-order valence-electron chi connectivity index (χ1n) is 16.3. The Morgan fingerprint density at radius 3 is 2.27 bits per heavy atom. The first-order chi connectivity index (χ1) is 23.0. The molecule has 0 amide bonds. The van der Waals surface area contributed by atoms with Crippen molar-refractivity contribution < 1.29 is 61.9 Å². The molecule has 2 unspecified atom stereocenters. The minimum atomic E-state index is -2.08. The highest BCUT2D eigenvalue weighted by Crippen LogP contribution is 2.69. The van der Waals surface area contributed by atoms with E-state index in [2.05, 4.69) is 4.98 Å². The lowest BCUT2D eigenvalue weighted by molar-refractivity contribution is -0.354. The summed E-state index contributed by atoms with van der Waals surface area (Å²) in [5.74, 6) is -5.11. The zero-order valence-electron chi connectivity index (χ0n) is 28.6. The van der Waals surface area contributed by atoms with Gasteiger partial charge in [-0.3, -0.25) is 19.4 Å². The fraction of sp³-hybridized carbons (Fsp3) is 0.600. The number of esters is 5. The molecule has 1 N–H and O–H groups in total. The second-order valence-electron chi connectivity index (χ2n) is 13.9. The summed E-state index contributed by atoms with van der Waals surface area (Å²) in [5, 5.41) is 12.7. The summed E-state index contributed by atoms with van der Waals surface area (Å²) in [6.45, 7) is 10.1. The lowest BCUT2D eigenvalue weighted by atomic mass is 9.46. The van der Waals surface area contributed by atoms with Gasteiger partial charge in [0, 0.05) is 38.6 Å². The molecule has 2 aliphatic carbocycles. The molecule has 2 bridgehead atoms. The molecule has 2 saturated carbocycles. The Labute approximate surface area is 283 Å². The number of fused-ring (bicyclic) bond motifs is 1. The minimum absolute atomic E-state index is 0.0343. The maximum Gasteiger partial charge on any atom is 0.341 e. The van der Waals surface area contributed by atoms with Gasteiger partial charge < -0.3 is 37.9 Å². The fourth-order valence-electron chi connectivity index (χ4n) is 7.96. The van der Waals surface area contributed by atoms with Crippen molar-refractivity contribution >= 4 is 29.8 Å². The van der Waals surface area contributed by atoms with Gasteiger partial charge in [-0.15, -0.1) is 0 Å².